The van der Waals surface area contributed by atoms with Crippen LogP contribution >= 0.6 is 0 Å². The topological polar surface area (TPSA) is 91.0 Å². The fraction of sp³-hybridized carbons (Fsp3) is 0.294. The van der Waals surface area contributed by atoms with Gasteiger partial charge in [-0.2, -0.15) is 0 Å². The Morgan fingerprint density at radius 3 is 2.96 bits per heavy atom. The highest BCUT2D eigenvalue weighted by atomic mass is 16.2. The lowest BCUT2D eigenvalue weighted by molar-refractivity contribution is -0.129. The molecule has 0 aliphatic carbocycles. The summed E-state index contributed by atoms with van der Waals surface area (Å²) in [4.78, 5) is 36.3. The van der Waals surface area contributed by atoms with Crippen LogP contribution in [0.1, 0.15) is 12.6 Å². The number of amides is 1. The Bertz CT molecular complexity index is 824. The number of rotatable bonds is 5. The zero-order valence-corrected chi connectivity index (χ0v) is 13.5. The van der Waals surface area contributed by atoms with Crippen molar-refractivity contribution in [2.75, 3.05) is 18.4 Å². The second kappa shape index (κ2) is 6.66. The van der Waals surface area contributed by atoms with Crippen molar-refractivity contribution in [3.63, 3.8) is 0 Å². The second-order valence-corrected chi connectivity index (χ2v) is 5.67. The average Bonchev–Trinajstić information content (AvgIpc) is 2.58. The van der Waals surface area contributed by atoms with Crippen molar-refractivity contribution in [2.24, 2.45) is 0 Å². The van der Waals surface area contributed by atoms with E-state index >= 15 is 0 Å². The molecule has 1 aliphatic heterocycles. The normalized spacial score (nSPS) is 14.1. The number of aryl methyl sites for hydroxylation is 1. The molecule has 3 rings (SSSR count). The number of aromatic amines is 1. The van der Waals surface area contributed by atoms with Crippen LogP contribution in [-0.4, -0.2) is 44.9 Å². The number of anilines is 1. The first kappa shape index (κ1) is 15.9. The number of carbonyl (C=O) groups excluding carboxylic acids is 1. The summed E-state index contributed by atoms with van der Waals surface area (Å²) in [6.45, 7) is 6.61. The molecule has 1 amide bonds. The number of H-pyrrole nitrogens is 1. The molecule has 1 saturated heterocycles. The summed E-state index contributed by atoms with van der Waals surface area (Å²) in [6, 6.07) is 3.74. The van der Waals surface area contributed by atoms with E-state index in [0.29, 0.717) is 18.8 Å². The zero-order chi connectivity index (χ0) is 17.1. The summed E-state index contributed by atoms with van der Waals surface area (Å²) in [6.07, 6.45) is 5.28. The van der Waals surface area contributed by atoms with Crippen LogP contribution in [0.15, 0.2) is 42.1 Å². The number of nitrogens with zero attached hydrogens (tertiary/aromatic N) is 3. The van der Waals surface area contributed by atoms with Crippen molar-refractivity contribution in [3.8, 4) is 11.3 Å². The SMILES string of the molecule is C=CC(=O)N1CC(Nc2cc(-c3cc(CC)ncn3)c[nH]c2=O)C1. The van der Waals surface area contributed by atoms with Gasteiger partial charge in [-0.3, -0.25) is 9.59 Å². The Morgan fingerprint density at radius 2 is 2.25 bits per heavy atom. The average molecular weight is 325 g/mol. The molecule has 124 valence electrons. The Kier molecular flexibility index (Phi) is 4.41. The number of aromatic nitrogens is 3. The third kappa shape index (κ3) is 3.19. The molecule has 24 heavy (non-hydrogen) atoms. The van der Waals surface area contributed by atoms with Gasteiger partial charge in [0.1, 0.15) is 12.0 Å². The quantitative estimate of drug-likeness (QED) is 0.806. The lowest BCUT2D eigenvalue weighted by Gasteiger charge is -2.39. The molecule has 0 saturated carbocycles. The first-order valence-corrected chi connectivity index (χ1v) is 7.82. The molecule has 1 aliphatic rings. The summed E-state index contributed by atoms with van der Waals surface area (Å²) in [5, 5.41) is 3.18. The fourth-order valence-corrected chi connectivity index (χ4v) is 2.59. The number of nitrogens with one attached hydrogen (secondary N) is 2. The number of hydrogen-bond donors (Lipinski definition) is 2. The number of hydrogen-bond acceptors (Lipinski definition) is 5. The van der Waals surface area contributed by atoms with Gasteiger partial charge in [0.05, 0.1) is 11.7 Å². The van der Waals surface area contributed by atoms with Crippen LogP contribution < -0.4 is 10.9 Å². The van der Waals surface area contributed by atoms with Gasteiger partial charge in [0, 0.05) is 30.5 Å². The summed E-state index contributed by atoms with van der Waals surface area (Å²) in [5.41, 5.74) is 2.79. The lowest BCUT2D eigenvalue weighted by atomic mass is 10.1. The molecule has 3 heterocycles. The summed E-state index contributed by atoms with van der Waals surface area (Å²) in [7, 11) is 0. The van der Waals surface area contributed by atoms with E-state index in [4.69, 9.17) is 0 Å². The standard InChI is InChI=1S/C17H19N5O2/c1-3-12-6-14(20-10-19-12)11-5-15(17(24)18-7-11)21-13-8-22(9-13)16(23)4-2/h4-7,10,13,21H,2-3,8-9H2,1H3,(H,18,24). The van der Waals surface area contributed by atoms with Crippen LogP contribution in [0.25, 0.3) is 11.3 Å². The van der Waals surface area contributed by atoms with Crippen molar-refractivity contribution in [1.29, 1.82) is 0 Å². The first-order chi connectivity index (χ1) is 11.6. The minimum absolute atomic E-state index is 0.0573. The van der Waals surface area contributed by atoms with Gasteiger partial charge in [0.15, 0.2) is 0 Å². The summed E-state index contributed by atoms with van der Waals surface area (Å²) in [5.74, 6) is -0.0937. The maximum Gasteiger partial charge on any atom is 0.271 e. The van der Waals surface area contributed by atoms with Gasteiger partial charge in [-0.1, -0.05) is 13.5 Å². The largest absolute Gasteiger partial charge is 0.374 e. The van der Waals surface area contributed by atoms with E-state index in [-0.39, 0.29) is 17.5 Å². The molecule has 0 aromatic carbocycles. The Labute approximate surface area is 139 Å². The van der Waals surface area contributed by atoms with E-state index in [9.17, 15) is 9.59 Å². The van der Waals surface area contributed by atoms with Crippen molar-refractivity contribution >= 4 is 11.6 Å². The third-order valence-electron chi connectivity index (χ3n) is 4.01. The van der Waals surface area contributed by atoms with Gasteiger partial charge in [0.2, 0.25) is 5.91 Å². The molecule has 0 unspecified atom stereocenters. The molecule has 1 fully saturated rings. The smallest absolute Gasteiger partial charge is 0.271 e. The van der Waals surface area contributed by atoms with E-state index in [1.165, 1.54) is 12.4 Å². The highest BCUT2D eigenvalue weighted by molar-refractivity contribution is 5.87. The van der Waals surface area contributed by atoms with E-state index in [1.54, 1.807) is 17.2 Å². The van der Waals surface area contributed by atoms with Gasteiger partial charge >= 0.3 is 0 Å². The van der Waals surface area contributed by atoms with Gasteiger partial charge < -0.3 is 15.2 Å². The molecule has 7 heteroatoms. The Balaban J connectivity index is 1.76. The summed E-state index contributed by atoms with van der Waals surface area (Å²) < 4.78 is 0. The summed E-state index contributed by atoms with van der Waals surface area (Å²) >= 11 is 0. The van der Waals surface area contributed by atoms with Crippen LogP contribution in [0.4, 0.5) is 5.69 Å². The molecule has 2 N–H and O–H groups in total. The highest BCUT2D eigenvalue weighted by Crippen LogP contribution is 2.20. The van der Waals surface area contributed by atoms with Crippen LogP contribution in [0.2, 0.25) is 0 Å². The van der Waals surface area contributed by atoms with Gasteiger partial charge in [0.25, 0.3) is 5.56 Å². The maximum atomic E-state index is 12.0. The predicted molar refractivity (Wildman–Crippen MR) is 91.7 cm³/mol. The predicted octanol–water partition coefficient (Wildman–Crippen LogP) is 1.20. The molecule has 0 spiro atoms. The zero-order valence-electron chi connectivity index (χ0n) is 13.5. The van der Waals surface area contributed by atoms with E-state index in [1.807, 2.05) is 13.0 Å². The van der Waals surface area contributed by atoms with Crippen molar-refractivity contribution in [3.05, 3.63) is 53.4 Å². The van der Waals surface area contributed by atoms with Crippen molar-refractivity contribution < 1.29 is 4.79 Å². The van der Waals surface area contributed by atoms with Gasteiger partial charge in [-0.05, 0) is 24.6 Å². The number of likely N-dealkylation sites (tertiary alicyclic amines) is 1. The maximum absolute atomic E-state index is 12.0. The molecule has 0 radical (unpaired) electrons. The number of pyridine rings is 1. The number of carbonyl (C=O) groups is 1. The molecule has 2 aromatic heterocycles. The van der Waals surface area contributed by atoms with Gasteiger partial charge in [-0.15, -0.1) is 0 Å². The third-order valence-corrected chi connectivity index (χ3v) is 4.01. The van der Waals surface area contributed by atoms with Crippen LogP contribution in [-0.2, 0) is 11.2 Å². The highest BCUT2D eigenvalue weighted by Gasteiger charge is 2.29. The van der Waals surface area contributed by atoms with E-state index in [2.05, 4.69) is 26.8 Å². The van der Waals surface area contributed by atoms with Gasteiger partial charge in [-0.25, -0.2) is 9.97 Å². The van der Waals surface area contributed by atoms with Crippen LogP contribution in [0, 0.1) is 0 Å². The van der Waals surface area contributed by atoms with Crippen molar-refractivity contribution in [2.45, 2.75) is 19.4 Å². The van der Waals surface area contributed by atoms with Crippen LogP contribution in [0.3, 0.4) is 0 Å². The van der Waals surface area contributed by atoms with E-state index in [0.717, 1.165) is 23.4 Å². The molecular weight excluding hydrogens is 306 g/mol. The fourth-order valence-electron chi connectivity index (χ4n) is 2.59. The molecule has 0 bridgehead atoms. The minimum Gasteiger partial charge on any atom is -0.374 e. The molecular formula is C17H19N5O2. The van der Waals surface area contributed by atoms with Crippen LogP contribution in [0.5, 0.6) is 0 Å². The second-order valence-electron chi connectivity index (χ2n) is 5.67. The first-order valence-electron chi connectivity index (χ1n) is 7.82. The Hall–Kier alpha value is -2.96. The van der Waals surface area contributed by atoms with E-state index < -0.39 is 0 Å². The monoisotopic (exact) mass is 325 g/mol. The molecule has 7 nitrogen and oxygen atoms in total. The Morgan fingerprint density at radius 1 is 1.46 bits per heavy atom. The van der Waals surface area contributed by atoms with Crippen molar-refractivity contribution in [1.82, 2.24) is 19.9 Å². The lowest BCUT2D eigenvalue weighted by Crippen LogP contribution is -2.56. The molecule has 0 atom stereocenters. The minimum atomic E-state index is -0.197. The molecule has 2 aromatic rings.